The van der Waals surface area contributed by atoms with E-state index >= 15 is 0 Å². The van der Waals surface area contributed by atoms with Crippen molar-refractivity contribution in [3.05, 3.63) is 24.0 Å². The minimum Gasteiger partial charge on any atom is -0.372 e. The van der Waals surface area contributed by atoms with E-state index in [4.69, 9.17) is 10.00 Å². The van der Waals surface area contributed by atoms with Crippen LogP contribution in [-0.4, -0.2) is 48.3 Å². The van der Waals surface area contributed by atoms with Crippen LogP contribution >= 0.6 is 11.3 Å². The molecule has 4 rings (SSSR count). The topological polar surface area (TPSA) is 52.4 Å². The molecule has 1 aromatic carbocycles. The molecule has 5 nitrogen and oxygen atoms in total. The molecule has 108 valence electrons. The summed E-state index contributed by atoms with van der Waals surface area (Å²) in [5.41, 5.74) is 0.814. The lowest BCUT2D eigenvalue weighted by Crippen LogP contribution is -2.50. The number of hydrogen-bond acceptors (Lipinski definition) is 6. The van der Waals surface area contributed by atoms with Gasteiger partial charge >= 0.3 is 0 Å². The van der Waals surface area contributed by atoms with Crippen molar-refractivity contribution in [1.82, 2.24) is 9.88 Å². The Hall–Kier alpha value is -1.91. The maximum absolute atomic E-state index is 13.3. The molecule has 2 fully saturated rings. The van der Waals surface area contributed by atoms with Gasteiger partial charge in [0.05, 0.1) is 42.1 Å². The average molecular weight is 304 g/mol. The number of thiazole rings is 1. The number of nitriles is 1. The Balaban J connectivity index is 1.69. The van der Waals surface area contributed by atoms with Gasteiger partial charge in [0.25, 0.3) is 0 Å². The summed E-state index contributed by atoms with van der Waals surface area (Å²) in [6.07, 6.45) is 2.23. The summed E-state index contributed by atoms with van der Waals surface area (Å²) in [6, 6.07) is 4.80. The number of aromatic nitrogens is 1. The third kappa shape index (κ3) is 2.11. The Labute approximate surface area is 125 Å². The predicted molar refractivity (Wildman–Crippen MR) is 77.6 cm³/mol. The molecule has 0 saturated carbocycles. The number of nitrogens with zero attached hydrogens (tertiary/aromatic N) is 4. The maximum atomic E-state index is 13.3. The number of morpholine rings is 1. The van der Waals surface area contributed by atoms with Gasteiger partial charge < -0.3 is 14.5 Å². The summed E-state index contributed by atoms with van der Waals surface area (Å²) < 4.78 is 19.9. The Kier molecular flexibility index (Phi) is 2.94. The minimum absolute atomic E-state index is 0.0437. The summed E-state index contributed by atoms with van der Waals surface area (Å²) >= 11 is 1.49. The Morgan fingerprint density at radius 1 is 1.43 bits per heavy atom. The highest BCUT2D eigenvalue weighted by Gasteiger charge is 2.41. The normalized spacial score (nSPS) is 25.1. The first kappa shape index (κ1) is 12.8. The molecule has 0 N–H and O–H groups in total. The molecule has 2 atom stereocenters. The Morgan fingerprint density at radius 3 is 3.19 bits per heavy atom. The van der Waals surface area contributed by atoms with Crippen LogP contribution in [0.15, 0.2) is 18.2 Å². The van der Waals surface area contributed by atoms with Gasteiger partial charge in [-0.05, 0) is 18.2 Å². The number of rotatable bonds is 1. The molecular weight excluding hydrogens is 291 g/mol. The van der Waals surface area contributed by atoms with Crippen molar-refractivity contribution in [2.45, 2.75) is 12.1 Å². The highest BCUT2D eigenvalue weighted by atomic mass is 32.1. The van der Waals surface area contributed by atoms with Gasteiger partial charge in [-0.2, -0.15) is 5.26 Å². The highest BCUT2D eigenvalue weighted by Crippen LogP contribution is 2.34. The van der Waals surface area contributed by atoms with Crippen molar-refractivity contribution in [2.24, 2.45) is 0 Å². The van der Waals surface area contributed by atoms with Crippen LogP contribution in [0.25, 0.3) is 10.2 Å². The van der Waals surface area contributed by atoms with E-state index in [2.05, 4.69) is 16.1 Å². The monoisotopic (exact) mass is 304 g/mol. The van der Waals surface area contributed by atoms with E-state index in [0.29, 0.717) is 19.7 Å². The zero-order valence-corrected chi connectivity index (χ0v) is 12.0. The largest absolute Gasteiger partial charge is 0.372 e. The summed E-state index contributed by atoms with van der Waals surface area (Å²) in [5.74, 6) is -0.242. The summed E-state index contributed by atoms with van der Waals surface area (Å²) in [4.78, 5) is 8.53. The van der Waals surface area contributed by atoms with E-state index in [1.54, 1.807) is 11.0 Å². The molecule has 2 aromatic rings. The lowest BCUT2D eigenvalue weighted by atomic mass is 10.1. The van der Waals surface area contributed by atoms with E-state index < -0.39 is 0 Å². The number of ether oxygens (including phenoxy) is 1. The molecule has 2 aliphatic heterocycles. The molecule has 0 bridgehead atoms. The highest BCUT2D eigenvalue weighted by molar-refractivity contribution is 7.22. The standard InChI is InChI=1S/C14H13FN4OS/c15-9-1-2-10-13(5-9)21-14(17-10)19-3-4-20-12-7-18(8-16)6-11(12)19/h1-2,5,11-12H,3-4,6-7H2/t11-,12+/m1/s1. The van der Waals surface area contributed by atoms with Crippen LogP contribution in [0, 0.1) is 17.3 Å². The number of hydrogen-bond donors (Lipinski definition) is 0. The zero-order chi connectivity index (χ0) is 14.4. The van der Waals surface area contributed by atoms with Gasteiger partial charge in [-0.1, -0.05) is 11.3 Å². The fraction of sp³-hybridized carbons (Fsp3) is 0.429. The first-order valence-electron chi connectivity index (χ1n) is 6.83. The Morgan fingerprint density at radius 2 is 2.33 bits per heavy atom. The minimum atomic E-state index is -0.242. The number of halogens is 1. The molecule has 0 amide bonds. The molecule has 21 heavy (non-hydrogen) atoms. The summed E-state index contributed by atoms with van der Waals surface area (Å²) in [7, 11) is 0. The molecule has 1 aromatic heterocycles. The second kappa shape index (κ2) is 4.83. The number of fused-ring (bicyclic) bond motifs is 2. The fourth-order valence-electron chi connectivity index (χ4n) is 3.02. The van der Waals surface area contributed by atoms with Crippen LogP contribution in [0.1, 0.15) is 0 Å². The van der Waals surface area contributed by atoms with Crippen LogP contribution in [-0.2, 0) is 4.74 Å². The molecular formula is C14H13FN4OS. The van der Waals surface area contributed by atoms with Crippen LogP contribution < -0.4 is 4.90 Å². The smallest absolute Gasteiger partial charge is 0.186 e. The van der Waals surface area contributed by atoms with Crippen LogP contribution in [0.2, 0.25) is 0 Å². The van der Waals surface area contributed by atoms with Crippen molar-refractivity contribution in [3.63, 3.8) is 0 Å². The summed E-state index contributed by atoms with van der Waals surface area (Å²) in [5, 5.41) is 9.94. The van der Waals surface area contributed by atoms with Crippen molar-refractivity contribution >= 4 is 26.7 Å². The third-order valence-corrected chi connectivity index (χ3v) is 5.08. The van der Waals surface area contributed by atoms with Crippen LogP contribution in [0.4, 0.5) is 9.52 Å². The molecule has 7 heteroatoms. The van der Waals surface area contributed by atoms with Gasteiger partial charge in [-0.3, -0.25) is 0 Å². The van der Waals surface area contributed by atoms with Gasteiger partial charge in [0.15, 0.2) is 11.3 Å². The van der Waals surface area contributed by atoms with Crippen molar-refractivity contribution in [3.8, 4) is 6.19 Å². The van der Waals surface area contributed by atoms with E-state index in [0.717, 1.165) is 21.9 Å². The predicted octanol–water partition coefficient (Wildman–Crippen LogP) is 1.81. The SMILES string of the molecule is N#CN1C[C@@H]2OCCN(c3nc4ccc(F)cc4s3)[C@@H]2C1. The second-order valence-electron chi connectivity index (χ2n) is 5.28. The Bertz CT molecular complexity index is 727. The molecule has 2 aliphatic rings. The van der Waals surface area contributed by atoms with Crippen LogP contribution in [0.3, 0.4) is 0 Å². The van der Waals surface area contributed by atoms with Gasteiger partial charge in [-0.25, -0.2) is 9.37 Å². The average Bonchev–Trinajstić information content (AvgIpc) is 3.09. The first-order valence-corrected chi connectivity index (χ1v) is 7.65. The number of benzene rings is 1. The lowest BCUT2D eigenvalue weighted by Gasteiger charge is -2.36. The molecule has 2 saturated heterocycles. The maximum Gasteiger partial charge on any atom is 0.186 e. The fourth-order valence-corrected chi connectivity index (χ4v) is 4.09. The van der Waals surface area contributed by atoms with Gasteiger partial charge in [0, 0.05) is 6.54 Å². The number of likely N-dealkylation sites (tertiary alicyclic amines) is 1. The zero-order valence-electron chi connectivity index (χ0n) is 11.2. The van der Waals surface area contributed by atoms with Gasteiger partial charge in [0.1, 0.15) is 5.82 Å². The van der Waals surface area contributed by atoms with Crippen molar-refractivity contribution in [1.29, 1.82) is 5.26 Å². The quantitative estimate of drug-likeness (QED) is 0.752. The molecule has 3 heterocycles. The molecule has 0 spiro atoms. The van der Waals surface area contributed by atoms with Gasteiger partial charge in [0.2, 0.25) is 0 Å². The van der Waals surface area contributed by atoms with E-state index in [9.17, 15) is 4.39 Å². The lowest BCUT2D eigenvalue weighted by molar-refractivity contribution is 0.0326. The third-order valence-electron chi connectivity index (χ3n) is 4.03. The molecule has 0 unspecified atom stereocenters. The second-order valence-corrected chi connectivity index (χ2v) is 6.29. The first-order chi connectivity index (χ1) is 10.2. The van der Waals surface area contributed by atoms with Crippen molar-refractivity contribution < 1.29 is 9.13 Å². The van der Waals surface area contributed by atoms with Crippen molar-refractivity contribution in [2.75, 3.05) is 31.1 Å². The van der Waals surface area contributed by atoms with E-state index in [1.807, 2.05) is 0 Å². The van der Waals surface area contributed by atoms with E-state index in [-0.39, 0.29) is 18.0 Å². The molecule has 0 aliphatic carbocycles. The van der Waals surface area contributed by atoms with Gasteiger partial charge in [-0.15, -0.1) is 0 Å². The summed E-state index contributed by atoms with van der Waals surface area (Å²) in [6.45, 7) is 2.68. The van der Waals surface area contributed by atoms with E-state index in [1.165, 1.54) is 23.5 Å². The number of anilines is 1. The van der Waals surface area contributed by atoms with Crippen LogP contribution in [0.5, 0.6) is 0 Å². The molecule has 0 radical (unpaired) electrons.